The lowest BCUT2D eigenvalue weighted by Crippen LogP contribution is -2.42. The van der Waals surface area contributed by atoms with Gasteiger partial charge in [0, 0.05) is 13.6 Å². The Labute approximate surface area is 208 Å². The standard InChI is InChI=1S/C26H29F3N4O3/c1-32(25(16-36-17-34)19-3-6-23(28)24(29)14-19)26(35)31-9-2-10-33-11-7-18(8-12-33)22-5-4-21(27)13-20(22)15-30/h3-6,13-14,17-18,25H,2,7-12,16H2,1H3,(H,31,35). The van der Waals surface area contributed by atoms with Crippen molar-refractivity contribution in [2.75, 3.05) is 39.8 Å². The number of hydrogen-bond donors (Lipinski definition) is 1. The van der Waals surface area contributed by atoms with Gasteiger partial charge in [-0.3, -0.25) is 4.79 Å². The Balaban J connectivity index is 1.45. The minimum Gasteiger partial charge on any atom is -0.465 e. The summed E-state index contributed by atoms with van der Waals surface area (Å²) in [4.78, 5) is 26.9. The summed E-state index contributed by atoms with van der Waals surface area (Å²) in [6.07, 6.45) is 2.43. The number of nitriles is 1. The van der Waals surface area contributed by atoms with Crippen LogP contribution in [0.4, 0.5) is 18.0 Å². The lowest BCUT2D eigenvalue weighted by molar-refractivity contribution is -0.130. The van der Waals surface area contributed by atoms with Crippen LogP contribution in [0, 0.1) is 28.8 Å². The summed E-state index contributed by atoms with van der Waals surface area (Å²) in [6.45, 7) is 2.88. The topological polar surface area (TPSA) is 85.7 Å². The van der Waals surface area contributed by atoms with Crippen molar-refractivity contribution in [2.24, 2.45) is 0 Å². The number of likely N-dealkylation sites (N-methyl/N-ethyl adjacent to an activating group) is 1. The van der Waals surface area contributed by atoms with Crippen molar-refractivity contribution in [3.05, 3.63) is 70.5 Å². The number of urea groups is 1. The maximum Gasteiger partial charge on any atom is 0.317 e. The third-order valence-electron chi connectivity index (χ3n) is 6.53. The summed E-state index contributed by atoms with van der Waals surface area (Å²) in [5.41, 5.74) is 1.58. The number of carbonyl (C=O) groups excluding carboxylic acids is 2. The molecule has 1 aliphatic heterocycles. The van der Waals surface area contributed by atoms with Crippen molar-refractivity contribution in [3.8, 4) is 6.07 Å². The Morgan fingerprint density at radius 3 is 2.64 bits per heavy atom. The van der Waals surface area contributed by atoms with Gasteiger partial charge in [0.2, 0.25) is 0 Å². The molecule has 0 saturated carbocycles. The largest absolute Gasteiger partial charge is 0.465 e. The lowest BCUT2D eigenvalue weighted by atomic mass is 9.86. The van der Waals surface area contributed by atoms with Crippen molar-refractivity contribution >= 4 is 12.5 Å². The van der Waals surface area contributed by atoms with E-state index in [1.807, 2.05) is 0 Å². The fourth-order valence-corrected chi connectivity index (χ4v) is 4.49. The van der Waals surface area contributed by atoms with Gasteiger partial charge in [0.25, 0.3) is 6.47 Å². The van der Waals surface area contributed by atoms with Crippen molar-refractivity contribution in [1.29, 1.82) is 5.26 Å². The molecule has 0 spiro atoms. The van der Waals surface area contributed by atoms with E-state index in [0.29, 0.717) is 24.1 Å². The zero-order chi connectivity index (χ0) is 26.1. The number of nitrogens with zero attached hydrogens (tertiary/aromatic N) is 3. The highest BCUT2D eigenvalue weighted by atomic mass is 19.2. The maximum absolute atomic E-state index is 13.7. The Morgan fingerprint density at radius 2 is 1.97 bits per heavy atom. The molecule has 1 heterocycles. The second-order valence-electron chi connectivity index (χ2n) is 8.77. The Hall–Kier alpha value is -3.58. The SMILES string of the molecule is CN(C(=O)NCCCN1CCC(c2ccc(F)cc2C#N)CC1)C(COC=O)c1ccc(F)c(F)c1. The Kier molecular flexibility index (Phi) is 9.70. The number of halogens is 3. The third kappa shape index (κ3) is 6.98. The molecule has 2 amide bonds. The van der Waals surface area contributed by atoms with Crippen LogP contribution in [-0.2, 0) is 9.53 Å². The Morgan fingerprint density at radius 1 is 1.22 bits per heavy atom. The van der Waals surface area contributed by atoms with E-state index in [1.54, 1.807) is 6.07 Å². The number of ether oxygens (including phenoxy) is 1. The van der Waals surface area contributed by atoms with Gasteiger partial charge in [-0.2, -0.15) is 5.26 Å². The summed E-state index contributed by atoms with van der Waals surface area (Å²) in [7, 11) is 1.49. The van der Waals surface area contributed by atoms with Crippen molar-refractivity contribution in [1.82, 2.24) is 15.1 Å². The average molecular weight is 503 g/mol. The van der Waals surface area contributed by atoms with Crippen LogP contribution in [0.2, 0.25) is 0 Å². The van der Waals surface area contributed by atoms with Gasteiger partial charge in [-0.15, -0.1) is 0 Å². The zero-order valence-corrected chi connectivity index (χ0v) is 20.1. The van der Waals surface area contributed by atoms with Crippen LogP contribution in [0.1, 0.15) is 47.9 Å². The normalized spacial score (nSPS) is 15.1. The van der Waals surface area contributed by atoms with Crippen molar-refractivity contribution in [3.63, 3.8) is 0 Å². The molecule has 0 aromatic heterocycles. The number of hydrogen-bond acceptors (Lipinski definition) is 5. The highest BCUT2D eigenvalue weighted by Gasteiger charge is 2.25. The van der Waals surface area contributed by atoms with Crippen LogP contribution >= 0.6 is 0 Å². The first-order chi connectivity index (χ1) is 17.3. The number of nitrogens with one attached hydrogen (secondary N) is 1. The zero-order valence-electron chi connectivity index (χ0n) is 20.1. The van der Waals surface area contributed by atoms with Crippen LogP contribution in [0.15, 0.2) is 36.4 Å². The quantitative estimate of drug-likeness (QED) is 0.391. The minimum atomic E-state index is -1.05. The molecule has 36 heavy (non-hydrogen) atoms. The molecular weight excluding hydrogens is 473 g/mol. The summed E-state index contributed by atoms with van der Waals surface area (Å²) < 4.78 is 45.2. The molecule has 3 rings (SSSR count). The van der Waals surface area contributed by atoms with Crippen LogP contribution in [0.3, 0.4) is 0 Å². The minimum absolute atomic E-state index is 0.199. The highest BCUT2D eigenvalue weighted by molar-refractivity contribution is 5.74. The van der Waals surface area contributed by atoms with Gasteiger partial charge in [-0.05, 0) is 80.2 Å². The van der Waals surface area contributed by atoms with Gasteiger partial charge in [-0.25, -0.2) is 18.0 Å². The molecule has 1 atom stereocenters. The monoisotopic (exact) mass is 502 g/mol. The lowest BCUT2D eigenvalue weighted by Gasteiger charge is -2.32. The van der Waals surface area contributed by atoms with Crippen LogP contribution in [-0.4, -0.2) is 62.1 Å². The summed E-state index contributed by atoms with van der Waals surface area (Å²) in [5.74, 6) is -2.25. The van der Waals surface area contributed by atoms with E-state index < -0.39 is 29.5 Å². The first-order valence-electron chi connectivity index (χ1n) is 11.8. The van der Waals surface area contributed by atoms with Gasteiger partial charge in [-0.1, -0.05) is 12.1 Å². The van der Waals surface area contributed by atoms with Gasteiger partial charge < -0.3 is 19.9 Å². The number of carbonyl (C=O) groups is 2. The third-order valence-corrected chi connectivity index (χ3v) is 6.53. The molecule has 2 aromatic rings. The highest BCUT2D eigenvalue weighted by Crippen LogP contribution is 2.30. The molecule has 0 radical (unpaired) electrons. The average Bonchev–Trinajstić information content (AvgIpc) is 2.88. The second kappa shape index (κ2) is 12.9. The first-order valence-corrected chi connectivity index (χ1v) is 11.8. The van der Waals surface area contributed by atoms with E-state index in [4.69, 9.17) is 4.74 Å². The first kappa shape index (κ1) is 27.0. The molecule has 1 unspecified atom stereocenters. The predicted molar refractivity (Wildman–Crippen MR) is 126 cm³/mol. The maximum atomic E-state index is 13.7. The molecule has 192 valence electrons. The fourth-order valence-electron chi connectivity index (χ4n) is 4.49. The molecule has 1 N–H and O–H groups in total. The Bertz CT molecular complexity index is 1100. The molecule has 1 saturated heterocycles. The number of piperidine rings is 1. The molecule has 10 heteroatoms. The fraction of sp³-hybridized carbons (Fsp3) is 0.423. The van der Waals surface area contributed by atoms with E-state index in [1.165, 1.54) is 30.1 Å². The summed E-state index contributed by atoms with van der Waals surface area (Å²) in [6, 6.07) is 8.53. The van der Waals surface area contributed by atoms with Crippen LogP contribution in [0.5, 0.6) is 0 Å². The van der Waals surface area contributed by atoms with Crippen molar-refractivity contribution in [2.45, 2.75) is 31.2 Å². The van der Waals surface area contributed by atoms with E-state index >= 15 is 0 Å². The number of benzene rings is 2. The predicted octanol–water partition coefficient (Wildman–Crippen LogP) is 4.10. The molecule has 1 aliphatic rings. The van der Waals surface area contributed by atoms with E-state index in [-0.39, 0.29) is 19.0 Å². The van der Waals surface area contributed by atoms with Crippen LogP contribution < -0.4 is 5.32 Å². The van der Waals surface area contributed by atoms with E-state index in [0.717, 1.165) is 50.2 Å². The summed E-state index contributed by atoms with van der Waals surface area (Å²) in [5, 5.41) is 12.1. The molecular formula is C26H29F3N4O3. The molecule has 1 fully saturated rings. The smallest absolute Gasteiger partial charge is 0.317 e. The van der Waals surface area contributed by atoms with Crippen LogP contribution in [0.25, 0.3) is 0 Å². The van der Waals surface area contributed by atoms with Gasteiger partial charge in [0.1, 0.15) is 12.4 Å². The number of amides is 2. The molecule has 0 aliphatic carbocycles. The number of likely N-dealkylation sites (tertiary alicyclic amines) is 1. The van der Waals surface area contributed by atoms with Gasteiger partial charge in [0.05, 0.1) is 17.7 Å². The van der Waals surface area contributed by atoms with E-state index in [9.17, 15) is 28.0 Å². The van der Waals surface area contributed by atoms with Gasteiger partial charge >= 0.3 is 6.03 Å². The van der Waals surface area contributed by atoms with Gasteiger partial charge in [0.15, 0.2) is 11.6 Å². The molecule has 0 bridgehead atoms. The van der Waals surface area contributed by atoms with Crippen molar-refractivity contribution < 1.29 is 27.5 Å². The molecule has 7 nitrogen and oxygen atoms in total. The second-order valence-corrected chi connectivity index (χ2v) is 8.77. The summed E-state index contributed by atoms with van der Waals surface area (Å²) >= 11 is 0. The molecule has 2 aromatic carbocycles. The van der Waals surface area contributed by atoms with E-state index in [2.05, 4.69) is 16.3 Å². The number of rotatable bonds is 10.